The van der Waals surface area contributed by atoms with Gasteiger partial charge >= 0.3 is 0 Å². The zero-order valence-corrected chi connectivity index (χ0v) is 18.3. The van der Waals surface area contributed by atoms with Crippen molar-refractivity contribution in [1.82, 2.24) is 15.6 Å². The first-order chi connectivity index (χ1) is 15.0. The van der Waals surface area contributed by atoms with Crippen LogP contribution in [0.1, 0.15) is 31.9 Å². The lowest BCUT2D eigenvalue weighted by atomic mass is 10.1. The third-order valence-electron chi connectivity index (χ3n) is 4.93. The van der Waals surface area contributed by atoms with Crippen molar-refractivity contribution in [2.45, 2.75) is 33.7 Å². The van der Waals surface area contributed by atoms with Crippen molar-refractivity contribution in [3.8, 4) is 0 Å². The number of rotatable bonds is 8. The molecule has 1 amide bonds. The molecule has 0 saturated heterocycles. The Bertz CT molecular complexity index is 1040. The maximum absolute atomic E-state index is 13.3. The Hall–Kier alpha value is -3.35. The molecule has 1 aromatic heterocycles. The van der Waals surface area contributed by atoms with Crippen LogP contribution in [0.4, 0.5) is 10.1 Å². The van der Waals surface area contributed by atoms with E-state index < -0.39 is 0 Å². The van der Waals surface area contributed by atoms with Gasteiger partial charge in [0.1, 0.15) is 5.82 Å². The number of hydrogen-bond donors (Lipinski definition) is 4. The second-order valence-electron chi connectivity index (χ2n) is 7.72. The van der Waals surface area contributed by atoms with Crippen LogP contribution in [-0.2, 0) is 17.8 Å². The van der Waals surface area contributed by atoms with Crippen LogP contribution in [0.2, 0.25) is 0 Å². The van der Waals surface area contributed by atoms with E-state index in [-0.39, 0.29) is 17.6 Å². The van der Waals surface area contributed by atoms with Crippen LogP contribution in [0, 0.1) is 11.7 Å². The van der Waals surface area contributed by atoms with E-state index in [1.165, 1.54) is 12.1 Å². The second kappa shape index (κ2) is 10.6. The minimum Gasteiger partial charge on any atom is -0.361 e. The van der Waals surface area contributed by atoms with Crippen LogP contribution in [-0.4, -0.2) is 29.9 Å². The van der Waals surface area contributed by atoms with Gasteiger partial charge in [-0.25, -0.2) is 9.38 Å². The van der Waals surface area contributed by atoms with Gasteiger partial charge in [-0.05, 0) is 54.8 Å². The lowest BCUT2D eigenvalue weighted by Gasteiger charge is -2.11. The molecule has 1 heterocycles. The highest BCUT2D eigenvalue weighted by molar-refractivity contribution is 5.92. The Labute approximate surface area is 182 Å². The summed E-state index contributed by atoms with van der Waals surface area (Å²) in [7, 11) is 0. The van der Waals surface area contributed by atoms with E-state index in [4.69, 9.17) is 0 Å². The smallest absolute Gasteiger partial charge is 0.226 e. The number of nitrogens with zero attached hydrogens (tertiary/aromatic N) is 1. The quantitative estimate of drug-likeness (QED) is 0.324. The minimum absolute atomic E-state index is 0.00439. The topological polar surface area (TPSA) is 81.3 Å². The van der Waals surface area contributed by atoms with E-state index in [0.717, 1.165) is 46.6 Å². The zero-order chi connectivity index (χ0) is 22.2. The Morgan fingerprint density at radius 2 is 1.90 bits per heavy atom. The molecule has 0 radical (unpaired) electrons. The number of fused-ring (bicyclic) bond motifs is 1. The summed E-state index contributed by atoms with van der Waals surface area (Å²) in [6.45, 7) is 7.75. The fourth-order valence-corrected chi connectivity index (χ4v) is 3.17. The van der Waals surface area contributed by atoms with E-state index in [2.05, 4.69) is 25.9 Å². The molecule has 0 spiro atoms. The number of carbonyl (C=O) groups excluding carboxylic acids is 1. The molecule has 6 nitrogen and oxygen atoms in total. The lowest BCUT2D eigenvalue weighted by Crippen LogP contribution is -2.38. The van der Waals surface area contributed by atoms with Crippen LogP contribution in [0.3, 0.4) is 0 Å². The SMILES string of the molecule is CCNC(=NCc1ccc(NC(=O)C(C)C)cc1)NCCc1c[nH]c2cc(F)ccc12. The van der Waals surface area contributed by atoms with E-state index >= 15 is 0 Å². The number of halogens is 1. The summed E-state index contributed by atoms with van der Waals surface area (Å²) in [6, 6.07) is 12.5. The lowest BCUT2D eigenvalue weighted by molar-refractivity contribution is -0.118. The second-order valence-corrected chi connectivity index (χ2v) is 7.72. The van der Waals surface area contributed by atoms with Gasteiger partial charge in [-0.3, -0.25) is 4.79 Å². The van der Waals surface area contributed by atoms with Crippen LogP contribution >= 0.6 is 0 Å². The highest BCUT2D eigenvalue weighted by Gasteiger charge is 2.07. The molecule has 4 N–H and O–H groups in total. The Balaban J connectivity index is 1.55. The van der Waals surface area contributed by atoms with Crippen LogP contribution in [0.25, 0.3) is 10.9 Å². The van der Waals surface area contributed by atoms with Gasteiger partial charge in [0.2, 0.25) is 5.91 Å². The maximum atomic E-state index is 13.3. The Kier molecular flexibility index (Phi) is 7.65. The zero-order valence-electron chi connectivity index (χ0n) is 18.3. The molecular formula is C24H30FN5O. The monoisotopic (exact) mass is 423 g/mol. The number of nitrogens with one attached hydrogen (secondary N) is 4. The molecule has 0 atom stereocenters. The van der Waals surface area contributed by atoms with Gasteiger partial charge in [0.15, 0.2) is 5.96 Å². The van der Waals surface area contributed by atoms with E-state index in [0.29, 0.717) is 13.1 Å². The van der Waals surface area contributed by atoms with Crippen molar-refractivity contribution < 1.29 is 9.18 Å². The first kappa shape index (κ1) is 22.3. The predicted octanol–water partition coefficient (Wildman–Crippen LogP) is 4.20. The molecule has 0 aliphatic carbocycles. The first-order valence-corrected chi connectivity index (χ1v) is 10.6. The fourth-order valence-electron chi connectivity index (χ4n) is 3.17. The number of benzene rings is 2. The van der Waals surface area contributed by atoms with Crippen LogP contribution in [0.5, 0.6) is 0 Å². The summed E-state index contributed by atoms with van der Waals surface area (Å²) >= 11 is 0. The van der Waals surface area contributed by atoms with Crippen molar-refractivity contribution in [1.29, 1.82) is 0 Å². The summed E-state index contributed by atoms with van der Waals surface area (Å²) in [6.07, 6.45) is 2.72. The average molecular weight is 424 g/mol. The van der Waals surface area contributed by atoms with Crippen molar-refractivity contribution in [2.75, 3.05) is 18.4 Å². The van der Waals surface area contributed by atoms with Gasteiger partial charge in [-0.1, -0.05) is 26.0 Å². The first-order valence-electron chi connectivity index (χ1n) is 10.6. The van der Waals surface area contributed by atoms with E-state index in [9.17, 15) is 9.18 Å². The molecule has 3 aromatic rings. The minimum atomic E-state index is -0.240. The van der Waals surface area contributed by atoms with Gasteiger partial charge < -0.3 is 20.9 Å². The molecule has 0 saturated carbocycles. The van der Waals surface area contributed by atoms with Crippen LogP contribution < -0.4 is 16.0 Å². The standard InChI is InChI=1S/C24H30FN5O/c1-4-26-24(27-12-11-18-15-28-22-13-19(25)7-10-21(18)22)29-14-17-5-8-20(9-6-17)30-23(31)16(2)3/h5-10,13,15-16,28H,4,11-12,14H2,1-3H3,(H,30,31)(H2,26,27,29). The number of guanidine groups is 1. The normalized spacial score (nSPS) is 11.7. The van der Waals surface area contributed by atoms with Gasteiger partial charge in [-0.2, -0.15) is 0 Å². The van der Waals surface area contributed by atoms with Crippen molar-refractivity contribution in [2.24, 2.45) is 10.9 Å². The number of aromatic amines is 1. The van der Waals surface area contributed by atoms with Gasteiger partial charge in [0.25, 0.3) is 0 Å². The Morgan fingerprint density at radius 3 is 2.61 bits per heavy atom. The predicted molar refractivity (Wildman–Crippen MR) is 125 cm³/mol. The summed E-state index contributed by atoms with van der Waals surface area (Å²) in [5, 5.41) is 10.5. The fraction of sp³-hybridized carbons (Fsp3) is 0.333. The highest BCUT2D eigenvalue weighted by atomic mass is 19.1. The third-order valence-corrected chi connectivity index (χ3v) is 4.93. The molecule has 164 valence electrons. The molecule has 2 aromatic carbocycles. The number of amides is 1. The summed E-state index contributed by atoms with van der Waals surface area (Å²) in [4.78, 5) is 19.6. The molecule has 0 fully saturated rings. The van der Waals surface area contributed by atoms with Crippen molar-refractivity contribution in [3.05, 3.63) is 65.6 Å². The van der Waals surface area contributed by atoms with E-state index in [1.54, 1.807) is 0 Å². The van der Waals surface area contributed by atoms with Crippen molar-refractivity contribution in [3.63, 3.8) is 0 Å². The molecule has 3 rings (SSSR count). The maximum Gasteiger partial charge on any atom is 0.226 e. The summed E-state index contributed by atoms with van der Waals surface area (Å²) < 4.78 is 13.3. The molecule has 31 heavy (non-hydrogen) atoms. The highest BCUT2D eigenvalue weighted by Crippen LogP contribution is 2.19. The molecule has 0 aliphatic heterocycles. The van der Waals surface area contributed by atoms with Gasteiger partial charge in [-0.15, -0.1) is 0 Å². The number of H-pyrrole nitrogens is 1. The molecule has 7 heteroatoms. The molecule has 0 aliphatic rings. The summed E-state index contributed by atoms with van der Waals surface area (Å²) in [5.41, 5.74) is 3.79. The number of hydrogen-bond acceptors (Lipinski definition) is 2. The Morgan fingerprint density at radius 1 is 1.13 bits per heavy atom. The number of aliphatic imine (C=N–C) groups is 1. The summed E-state index contributed by atoms with van der Waals surface area (Å²) in [5.74, 6) is 0.453. The number of anilines is 1. The molecule has 0 unspecified atom stereocenters. The third kappa shape index (κ3) is 6.31. The molecule has 0 bridgehead atoms. The largest absolute Gasteiger partial charge is 0.361 e. The van der Waals surface area contributed by atoms with Gasteiger partial charge in [0.05, 0.1) is 6.54 Å². The van der Waals surface area contributed by atoms with Crippen LogP contribution in [0.15, 0.2) is 53.7 Å². The number of aromatic nitrogens is 1. The van der Waals surface area contributed by atoms with E-state index in [1.807, 2.05) is 57.3 Å². The van der Waals surface area contributed by atoms with Gasteiger partial charge in [0, 0.05) is 41.8 Å². The number of carbonyl (C=O) groups is 1. The molecular weight excluding hydrogens is 393 g/mol. The average Bonchev–Trinajstić information content (AvgIpc) is 3.14. The van der Waals surface area contributed by atoms with Crippen molar-refractivity contribution >= 4 is 28.5 Å².